The maximum Gasteiger partial charge on any atom is 0.389 e. The highest BCUT2D eigenvalue weighted by molar-refractivity contribution is 9.09. The zero-order valence-electron chi connectivity index (χ0n) is 8.69. The Morgan fingerprint density at radius 3 is 2.67 bits per heavy atom. The number of likely N-dealkylation sites (tertiary alicyclic amines) is 1. The number of hydrogen-bond acceptors (Lipinski definition) is 1. The molecule has 1 heterocycles. The summed E-state index contributed by atoms with van der Waals surface area (Å²) in [4.78, 5) is 2.15. The van der Waals surface area contributed by atoms with Crippen molar-refractivity contribution in [1.29, 1.82) is 0 Å². The zero-order valence-corrected chi connectivity index (χ0v) is 10.3. The van der Waals surface area contributed by atoms with Crippen LogP contribution >= 0.6 is 15.9 Å². The smallest absolute Gasteiger partial charge is 0.303 e. The lowest BCUT2D eigenvalue weighted by Gasteiger charge is -2.31. The standard InChI is InChI=1S/C10H17BrF3N/c11-7-9-3-1-5-15(8-9)6-2-4-10(12,13)14/h9H,1-8H2. The van der Waals surface area contributed by atoms with Crippen molar-refractivity contribution in [3.8, 4) is 0 Å². The highest BCUT2D eigenvalue weighted by atomic mass is 79.9. The summed E-state index contributed by atoms with van der Waals surface area (Å²) in [7, 11) is 0. The molecule has 15 heavy (non-hydrogen) atoms. The van der Waals surface area contributed by atoms with Gasteiger partial charge in [0.1, 0.15) is 0 Å². The summed E-state index contributed by atoms with van der Waals surface area (Å²) in [6, 6.07) is 0. The third-order valence-electron chi connectivity index (χ3n) is 2.76. The molecule has 5 heteroatoms. The molecule has 90 valence electrons. The molecule has 0 spiro atoms. The van der Waals surface area contributed by atoms with Crippen molar-refractivity contribution in [3.05, 3.63) is 0 Å². The fraction of sp³-hybridized carbons (Fsp3) is 1.00. The molecule has 0 aromatic heterocycles. The molecule has 0 bridgehead atoms. The normalized spacial score (nSPS) is 24.4. The predicted octanol–water partition coefficient (Wildman–Crippen LogP) is 3.44. The molecule has 0 saturated carbocycles. The molecular weight excluding hydrogens is 271 g/mol. The van der Waals surface area contributed by atoms with Gasteiger partial charge in [0.2, 0.25) is 0 Å². The quantitative estimate of drug-likeness (QED) is 0.716. The molecular formula is C10H17BrF3N. The second-order valence-electron chi connectivity index (χ2n) is 4.18. The molecule has 0 radical (unpaired) electrons. The van der Waals surface area contributed by atoms with Crippen molar-refractivity contribution in [2.45, 2.75) is 31.9 Å². The van der Waals surface area contributed by atoms with Crippen LogP contribution in [0, 0.1) is 5.92 Å². The third kappa shape index (κ3) is 5.76. The van der Waals surface area contributed by atoms with Gasteiger partial charge in [0.25, 0.3) is 0 Å². The van der Waals surface area contributed by atoms with Crippen LogP contribution in [-0.2, 0) is 0 Å². The molecule has 1 fully saturated rings. The van der Waals surface area contributed by atoms with Crippen molar-refractivity contribution in [1.82, 2.24) is 4.90 Å². The van der Waals surface area contributed by atoms with E-state index in [4.69, 9.17) is 0 Å². The average molecular weight is 288 g/mol. The van der Waals surface area contributed by atoms with Gasteiger partial charge in [0.15, 0.2) is 0 Å². The molecule has 1 nitrogen and oxygen atoms in total. The summed E-state index contributed by atoms with van der Waals surface area (Å²) in [6.07, 6.45) is -2.10. The van der Waals surface area contributed by atoms with E-state index >= 15 is 0 Å². The van der Waals surface area contributed by atoms with Gasteiger partial charge in [0, 0.05) is 18.3 Å². The summed E-state index contributed by atoms with van der Waals surface area (Å²) in [5, 5.41) is 0.961. The van der Waals surface area contributed by atoms with Crippen molar-refractivity contribution in [2.75, 3.05) is 25.0 Å². The summed E-state index contributed by atoms with van der Waals surface area (Å²) in [6.45, 7) is 2.49. The van der Waals surface area contributed by atoms with Crippen LogP contribution in [0.4, 0.5) is 13.2 Å². The average Bonchev–Trinajstić information content (AvgIpc) is 2.16. The van der Waals surface area contributed by atoms with Crippen molar-refractivity contribution in [3.63, 3.8) is 0 Å². The molecule has 0 aromatic carbocycles. The second-order valence-corrected chi connectivity index (χ2v) is 4.83. The Hall–Kier alpha value is 0.230. The summed E-state index contributed by atoms with van der Waals surface area (Å²) in [5.41, 5.74) is 0. The van der Waals surface area contributed by atoms with Crippen LogP contribution in [0.5, 0.6) is 0 Å². The van der Waals surface area contributed by atoms with E-state index in [1.807, 2.05) is 0 Å². The van der Waals surface area contributed by atoms with Crippen molar-refractivity contribution >= 4 is 15.9 Å². The van der Waals surface area contributed by atoms with Gasteiger partial charge in [-0.25, -0.2) is 0 Å². The fourth-order valence-corrected chi connectivity index (χ4v) is 2.51. The number of piperidine rings is 1. The molecule has 1 unspecified atom stereocenters. The van der Waals surface area contributed by atoms with E-state index in [9.17, 15) is 13.2 Å². The number of halogens is 4. The minimum atomic E-state index is -4.00. The summed E-state index contributed by atoms with van der Waals surface area (Å²) >= 11 is 3.43. The van der Waals surface area contributed by atoms with Gasteiger partial charge < -0.3 is 4.90 Å². The molecule has 1 atom stereocenters. The van der Waals surface area contributed by atoms with Crippen molar-refractivity contribution in [2.24, 2.45) is 5.92 Å². The number of alkyl halides is 4. The Morgan fingerprint density at radius 2 is 2.07 bits per heavy atom. The Morgan fingerprint density at radius 1 is 1.33 bits per heavy atom. The SMILES string of the molecule is FC(F)(F)CCCN1CCCC(CBr)C1. The minimum Gasteiger partial charge on any atom is -0.303 e. The van der Waals surface area contributed by atoms with Gasteiger partial charge in [-0.3, -0.25) is 0 Å². The van der Waals surface area contributed by atoms with Crippen LogP contribution in [0.25, 0.3) is 0 Å². The van der Waals surface area contributed by atoms with E-state index in [1.54, 1.807) is 0 Å². The van der Waals surface area contributed by atoms with Gasteiger partial charge in [-0.15, -0.1) is 0 Å². The van der Waals surface area contributed by atoms with Crippen LogP contribution in [0.2, 0.25) is 0 Å². The Labute approximate surface area is 97.1 Å². The van der Waals surface area contributed by atoms with E-state index in [0.29, 0.717) is 12.5 Å². The molecule has 1 aliphatic rings. The Bertz CT molecular complexity index is 184. The molecule has 1 aliphatic heterocycles. The first kappa shape index (κ1) is 13.3. The highest BCUT2D eigenvalue weighted by Crippen LogP contribution is 2.23. The van der Waals surface area contributed by atoms with Crippen LogP contribution in [-0.4, -0.2) is 36.0 Å². The molecule has 0 N–H and O–H groups in total. The molecule has 1 saturated heterocycles. The van der Waals surface area contributed by atoms with E-state index < -0.39 is 12.6 Å². The lowest BCUT2D eigenvalue weighted by molar-refractivity contribution is -0.136. The zero-order chi connectivity index (χ0) is 11.3. The van der Waals surface area contributed by atoms with E-state index in [2.05, 4.69) is 20.8 Å². The van der Waals surface area contributed by atoms with E-state index in [-0.39, 0.29) is 6.42 Å². The second kappa shape index (κ2) is 6.09. The third-order valence-corrected chi connectivity index (χ3v) is 3.67. The van der Waals surface area contributed by atoms with E-state index in [1.165, 1.54) is 6.42 Å². The largest absolute Gasteiger partial charge is 0.389 e. The van der Waals surface area contributed by atoms with Crippen LogP contribution in [0.1, 0.15) is 25.7 Å². The van der Waals surface area contributed by atoms with Crippen LogP contribution in [0.15, 0.2) is 0 Å². The maximum atomic E-state index is 11.9. The minimum absolute atomic E-state index is 0.235. The molecule has 0 amide bonds. The topological polar surface area (TPSA) is 3.24 Å². The van der Waals surface area contributed by atoms with Crippen LogP contribution < -0.4 is 0 Å². The Kier molecular flexibility index (Phi) is 5.39. The summed E-state index contributed by atoms with van der Waals surface area (Å²) in [5.74, 6) is 0.615. The van der Waals surface area contributed by atoms with Crippen molar-refractivity contribution < 1.29 is 13.2 Å². The first-order valence-corrected chi connectivity index (χ1v) is 6.48. The maximum absolute atomic E-state index is 11.9. The lowest BCUT2D eigenvalue weighted by atomic mass is 10.00. The van der Waals surface area contributed by atoms with Gasteiger partial charge in [-0.2, -0.15) is 13.2 Å². The Balaban J connectivity index is 2.15. The van der Waals surface area contributed by atoms with Gasteiger partial charge in [-0.1, -0.05) is 15.9 Å². The molecule has 1 rings (SSSR count). The first-order valence-electron chi connectivity index (χ1n) is 5.36. The monoisotopic (exact) mass is 287 g/mol. The number of hydrogen-bond donors (Lipinski definition) is 0. The number of rotatable bonds is 4. The van der Waals surface area contributed by atoms with Crippen LogP contribution in [0.3, 0.4) is 0 Å². The predicted molar refractivity (Wildman–Crippen MR) is 58.2 cm³/mol. The first-order chi connectivity index (χ1) is 7.01. The van der Waals surface area contributed by atoms with Gasteiger partial charge in [0.05, 0.1) is 0 Å². The fourth-order valence-electron chi connectivity index (χ4n) is 1.98. The lowest BCUT2D eigenvalue weighted by Crippen LogP contribution is -2.36. The van der Waals surface area contributed by atoms with E-state index in [0.717, 1.165) is 24.8 Å². The number of nitrogens with zero attached hydrogens (tertiary/aromatic N) is 1. The molecule has 0 aliphatic carbocycles. The van der Waals surface area contributed by atoms with Gasteiger partial charge >= 0.3 is 6.18 Å². The molecule has 0 aromatic rings. The highest BCUT2D eigenvalue weighted by Gasteiger charge is 2.27. The van der Waals surface area contributed by atoms with Gasteiger partial charge in [-0.05, 0) is 38.3 Å². The summed E-state index contributed by atoms with van der Waals surface area (Å²) < 4.78 is 35.8.